The molecule has 9 heteroatoms. The Labute approximate surface area is 148 Å². The van der Waals surface area contributed by atoms with Gasteiger partial charge in [-0.05, 0) is 32.3 Å². The van der Waals surface area contributed by atoms with E-state index >= 15 is 0 Å². The molecule has 0 bridgehead atoms. The minimum Gasteiger partial charge on any atom is -0.461 e. The summed E-state index contributed by atoms with van der Waals surface area (Å²) in [7, 11) is 0. The number of nitro groups is 1. The van der Waals surface area contributed by atoms with Crippen LogP contribution in [0.1, 0.15) is 46.9 Å². The fourth-order valence-electron chi connectivity index (χ4n) is 2.92. The molecule has 25 heavy (non-hydrogen) atoms. The summed E-state index contributed by atoms with van der Waals surface area (Å²) in [4.78, 5) is 33.4. The maximum atomic E-state index is 11.8. The molecule has 1 aliphatic rings. The van der Waals surface area contributed by atoms with E-state index in [1.807, 2.05) is 4.90 Å². The lowest BCUT2D eigenvalue weighted by molar-refractivity contribution is -0.384. The molecule has 0 saturated carbocycles. The number of ether oxygens (including phenoxy) is 1. The van der Waals surface area contributed by atoms with Gasteiger partial charge in [0.2, 0.25) is 5.82 Å². The molecule has 1 saturated heterocycles. The van der Waals surface area contributed by atoms with Gasteiger partial charge in [-0.15, -0.1) is 11.3 Å². The second-order valence-electron chi connectivity index (χ2n) is 5.76. The lowest BCUT2D eigenvalue weighted by Crippen LogP contribution is -2.24. The number of aromatic nitrogens is 2. The van der Waals surface area contributed by atoms with Crippen LogP contribution in [0, 0.1) is 17.0 Å². The number of carbonyl (C=O) groups excluding carboxylic acids is 1. The quantitative estimate of drug-likeness (QED) is 0.457. The number of thiazole rings is 1. The van der Waals surface area contributed by atoms with Gasteiger partial charge in [0.1, 0.15) is 5.01 Å². The molecule has 1 fully saturated rings. The Morgan fingerprint density at radius 1 is 1.56 bits per heavy atom. The Morgan fingerprint density at radius 2 is 2.36 bits per heavy atom. The largest absolute Gasteiger partial charge is 0.461 e. The number of esters is 1. The fraction of sp³-hybridized carbons (Fsp3) is 0.438. The highest BCUT2D eigenvalue weighted by atomic mass is 32.1. The molecular weight excluding hydrogens is 344 g/mol. The van der Waals surface area contributed by atoms with Gasteiger partial charge < -0.3 is 9.64 Å². The first-order valence-electron chi connectivity index (χ1n) is 8.01. The number of aryl methyl sites for hydroxylation is 1. The van der Waals surface area contributed by atoms with Crippen molar-refractivity contribution in [2.75, 3.05) is 18.1 Å². The number of nitrogens with zero attached hydrogens (tertiary/aromatic N) is 4. The summed E-state index contributed by atoms with van der Waals surface area (Å²) in [5.74, 6) is -0.0972. The molecule has 2 aromatic rings. The lowest BCUT2D eigenvalue weighted by atomic mass is 10.2. The van der Waals surface area contributed by atoms with Crippen molar-refractivity contribution in [1.82, 2.24) is 9.97 Å². The number of pyridine rings is 1. The molecule has 8 nitrogen and oxygen atoms in total. The lowest BCUT2D eigenvalue weighted by Gasteiger charge is -2.23. The van der Waals surface area contributed by atoms with Gasteiger partial charge in [-0.25, -0.2) is 14.8 Å². The molecular formula is C16H18N4O4S. The van der Waals surface area contributed by atoms with Crippen LogP contribution in [0.15, 0.2) is 17.6 Å². The molecule has 0 aromatic carbocycles. The van der Waals surface area contributed by atoms with Gasteiger partial charge in [-0.3, -0.25) is 10.1 Å². The fourth-order valence-corrected chi connectivity index (χ4v) is 3.85. The highest BCUT2D eigenvalue weighted by Gasteiger charge is 2.34. The van der Waals surface area contributed by atoms with Crippen molar-refractivity contribution in [2.24, 2.45) is 0 Å². The Kier molecular flexibility index (Phi) is 4.93. The number of carbonyl (C=O) groups is 1. The second kappa shape index (κ2) is 7.14. The summed E-state index contributed by atoms with van der Waals surface area (Å²) in [6, 6.07) is 1.41. The van der Waals surface area contributed by atoms with E-state index in [2.05, 4.69) is 9.97 Å². The minimum absolute atomic E-state index is 0.00549. The van der Waals surface area contributed by atoms with E-state index in [0.717, 1.165) is 23.4 Å². The SMILES string of the molecule is CCOC(=O)c1csc(C2CCCN2c2ncc(C)cc2[N+](=O)[O-])n1. The number of rotatable bonds is 5. The first-order valence-corrected chi connectivity index (χ1v) is 8.89. The molecule has 3 heterocycles. The van der Waals surface area contributed by atoms with Gasteiger partial charge in [0, 0.05) is 24.2 Å². The van der Waals surface area contributed by atoms with Gasteiger partial charge in [-0.2, -0.15) is 0 Å². The average Bonchev–Trinajstić information content (AvgIpc) is 3.24. The third kappa shape index (κ3) is 3.46. The summed E-state index contributed by atoms with van der Waals surface area (Å²) in [6.45, 7) is 4.47. The van der Waals surface area contributed by atoms with E-state index < -0.39 is 10.9 Å². The Balaban J connectivity index is 1.92. The molecule has 0 amide bonds. The Hall–Kier alpha value is -2.55. The van der Waals surface area contributed by atoms with Crippen LogP contribution < -0.4 is 4.90 Å². The normalized spacial score (nSPS) is 16.9. The maximum absolute atomic E-state index is 11.8. The molecule has 0 N–H and O–H groups in total. The van der Waals surface area contributed by atoms with E-state index in [4.69, 9.17) is 4.74 Å². The van der Waals surface area contributed by atoms with Crippen molar-refractivity contribution in [3.05, 3.63) is 44.0 Å². The zero-order chi connectivity index (χ0) is 18.0. The summed E-state index contributed by atoms with van der Waals surface area (Å²) in [5.41, 5.74) is 1.01. The van der Waals surface area contributed by atoms with Crippen molar-refractivity contribution in [1.29, 1.82) is 0 Å². The minimum atomic E-state index is -0.450. The summed E-state index contributed by atoms with van der Waals surface area (Å²) < 4.78 is 4.97. The summed E-state index contributed by atoms with van der Waals surface area (Å²) in [6.07, 6.45) is 3.32. The molecule has 1 atom stereocenters. The Bertz CT molecular complexity index is 807. The van der Waals surface area contributed by atoms with Crippen LogP contribution in [0.2, 0.25) is 0 Å². The molecule has 0 spiro atoms. The van der Waals surface area contributed by atoms with Gasteiger partial charge in [0.25, 0.3) is 0 Å². The van der Waals surface area contributed by atoms with Gasteiger partial charge >= 0.3 is 11.7 Å². The number of hydrogen-bond acceptors (Lipinski definition) is 8. The van der Waals surface area contributed by atoms with Crippen molar-refractivity contribution in [3.8, 4) is 0 Å². The van der Waals surface area contributed by atoms with Crippen molar-refractivity contribution in [2.45, 2.75) is 32.7 Å². The first-order chi connectivity index (χ1) is 12.0. The highest BCUT2D eigenvalue weighted by molar-refractivity contribution is 7.10. The maximum Gasteiger partial charge on any atom is 0.357 e. The molecule has 2 aromatic heterocycles. The molecule has 132 valence electrons. The molecule has 1 unspecified atom stereocenters. The number of anilines is 1. The van der Waals surface area contributed by atoms with Crippen LogP contribution in [0.4, 0.5) is 11.5 Å². The zero-order valence-corrected chi connectivity index (χ0v) is 14.8. The van der Waals surface area contributed by atoms with E-state index in [-0.39, 0.29) is 17.4 Å². The standard InChI is InChI=1S/C16H18N4O4S/c1-3-24-16(21)11-9-25-15(18-11)12-5-4-6-19(12)14-13(20(22)23)7-10(2)8-17-14/h7-9,12H,3-6H2,1-2H3. The molecule has 0 radical (unpaired) electrons. The highest BCUT2D eigenvalue weighted by Crippen LogP contribution is 2.40. The molecule has 3 rings (SSSR count). The van der Waals surface area contributed by atoms with Crippen LogP contribution in [0.3, 0.4) is 0 Å². The average molecular weight is 362 g/mol. The monoisotopic (exact) mass is 362 g/mol. The van der Waals surface area contributed by atoms with Crippen LogP contribution in [0.5, 0.6) is 0 Å². The van der Waals surface area contributed by atoms with Gasteiger partial charge in [0.05, 0.1) is 17.6 Å². The third-order valence-electron chi connectivity index (χ3n) is 4.00. The summed E-state index contributed by atoms with van der Waals surface area (Å²) >= 11 is 1.37. The second-order valence-corrected chi connectivity index (χ2v) is 6.65. The number of hydrogen-bond donors (Lipinski definition) is 0. The van der Waals surface area contributed by atoms with Gasteiger partial charge in [-0.1, -0.05) is 0 Å². The van der Waals surface area contributed by atoms with Crippen molar-refractivity contribution >= 4 is 28.8 Å². The smallest absolute Gasteiger partial charge is 0.357 e. The molecule has 0 aliphatic carbocycles. The van der Waals surface area contributed by atoms with Crippen LogP contribution in [-0.2, 0) is 4.74 Å². The van der Waals surface area contributed by atoms with Crippen molar-refractivity contribution in [3.63, 3.8) is 0 Å². The van der Waals surface area contributed by atoms with Gasteiger partial charge in [0.15, 0.2) is 5.69 Å². The Morgan fingerprint density at radius 3 is 3.08 bits per heavy atom. The zero-order valence-electron chi connectivity index (χ0n) is 14.0. The van der Waals surface area contributed by atoms with Crippen molar-refractivity contribution < 1.29 is 14.5 Å². The molecule has 1 aliphatic heterocycles. The van der Waals surface area contributed by atoms with Crippen LogP contribution >= 0.6 is 11.3 Å². The summed E-state index contributed by atoms with van der Waals surface area (Å²) in [5, 5.41) is 13.8. The van der Waals surface area contributed by atoms with Crippen LogP contribution in [-0.4, -0.2) is 34.0 Å². The van der Waals surface area contributed by atoms with E-state index in [0.29, 0.717) is 19.0 Å². The first kappa shape index (κ1) is 17.3. The topological polar surface area (TPSA) is 98.5 Å². The van der Waals surface area contributed by atoms with E-state index in [1.165, 1.54) is 17.4 Å². The predicted molar refractivity (Wildman–Crippen MR) is 93.0 cm³/mol. The third-order valence-corrected chi connectivity index (χ3v) is 4.94. The predicted octanol–water partition coefficient (Wildman–Crippen LogP) is 3.27. The van der Waals surface area contributed by atoms with E-state index in [1.54, 1.807) is 25.4 Å². The van der Waals surface area contributed by atoms with Crippen LogP contribution in [0.25, 0.3) is 0 Å². The van der Waals surface area contributed by atoms with E-state index in [9.17, 15) is 14.9 Å².